The van der Waals surface area contributed by atoms with E-state index in [-0.39, 0.29) is 22.9 Å². The monoisotopic (exact) mass is 414 g/mol. The van der Waals surface area contributed by atoms with Gasteiger partial charge in [-0.05, 0) is 37.3 Å². The topological polar surface area (TPSA) is 139 Å². The highest BCUT2D eigenvalue weighted by atomic mass is 16.6. The fourth-order valence-electron chi connectivity index (χ4n) is 2.53. The zero-order valence-electron chi connectivity index (χ0n) is 16.1. The number of carbonyl (C=O) groups is 2. The predicted molar refractivity (Wildman–Crippen MR) is 103 cm³/mol. The molecule has 0 saturated heterocycles. The maximum atomic E-state index is 12.3. The van der Waals surface area contributed by atoms with Crippen molar-refractivity contribution in [3.8, 4) is 5.75 Å². The Morgan fingerprint density at radius 1 is 1.33 bits per heavy atom. The normalized spacial score (nSPS) is 11.5. The van der Waals surface area contributed by atoms with E-state index in [4.69, 9.17) is 13.9 Å². The number of nitrogens with zero attached hydrogens (tertiary/aromatic N) is 3. The maximum absolute atomic E-state index is 12.3. The van der Waals surface area contributed by atoms with Crippen LogP contribution in [0.25, 0.3) is 0 Å². The van der Waals surface area contributed by atoms with Gasteiger partial charge in [-0.15, -0.1) is 0 Å². The van der Waals surface area contributed by atoms with Crippen LogP contribution in [0.15, 0.2) is 53.2 Å². The number of hydrogen-bond acceptors (Lipinski definition) is 8. The molecule has 0 aliphatic rings. The number of nitro groups is 1. The van der Waals surface area contributed by atoms with Gasteiger partial charge in [0, 0.05) is 12.4 Å². The molecule has 11 heteroatoms. The Kier molecular flexibility index (Phi) is 6.11. The van der Waals surface area contributed by atoms with E-state index < -0.39 is 22.9 Å². The maximum Gasteiger partial charge on any atom is 0.375 e. The second-order valence-electron chi connectivity index (χ2n) is 6.15. The number of rotatable bonds is 8. The molecular weight excluding hydrogens is 396 g/mol. The van der Waals surface area contributed by atoms with Crippen LogP contribution in [-0.2, 0) is 16.1 Å². The molecule has 156 valence electrons. The number of methoxy groups -OCH3 is 1. The summed E-state index contributed by atoms with van der Waals surface area (Å²) in [7, 11) is 1.37. The van der Waals surface area contributed by atoms with E-state index in [1.807, 2.05) is 0 Å². The van der Waals surface area contributed by atoms with Gasteiger partial charge in [0.1, 0.15) is 17.2 Å². The van der Waals surface area contributed by atoms with E-state index >= 15 is 0 Å². The average molecular weight is 414 g/mol. The van der Waals surface area contributed by atoms with Crippen LogP contribution < -0.4 is 10.1 Å². The predicted octanol–water partition coefficient (Wildman–Crippen LogP) is 2.63. The van der Waals surface area contributed by atoms with Crippen LogP contribution in [0.1, 0.15) is 23.2 Å². The van der Waals surface area contributed by atoms with Crippen LogP contribution in [-0.4, -0.2) is 39.8 Å². The Morgan fingerprint density at radius 3 is 2.80 bits per heavy atom. The second kappa shape index (κ2) is 8.90. The number of hydrogen-bond donors (Lipinski definition) is 1. The molecule has 3 aromatic rings. The highest BCUT2D eigenvalue weighted by Crippen LogP contribution is 2.29. The van der Waals surface area contributed by atoms with Gasteiger partial charge in [-0.3, -0.25) is 19.6 Å². The van der Waals surface area contributed by atoms with Crippen molar-refractivity contribution in [2.45, 2.75) is 19.6 Å². The Bertz CT molecular complexity index is 1060. The number of nitrogens with one attached hydrogen (secondary N) is 1. The largest absolute Gasteiger partial charge is 0.496 e. The van der Waals surface area contributed by atoms with Crippen molar-refractivity contribution in [1.29, 1.82) is 0 Å². The van der Waals surface area contributed by atoms with E-state index in [1.54, 1.807) is 29.2 Å². The molecule has 0 aliphatic heterocycles. The van der Waals surface area contributed by atoms with Gasteiger partial charge in [-0.25, -0.2) is 4.79 Å². The number of nitro benzene ring substituents is 1. The molecule has 0 aliphatic carbocycles. The number of benzene rings is 1. The second-order valence-corrected chi connectivity index (χ2v) is 6.15. The van der Waals surface area contributed by atoms with Crippen molar-refractivity contribution in [2.24, 2.45) is 0 Å². The van der Waals surface area contributed by atoms with Gasteiger partial charge in [0.05, 0.1) is 24.6 Å². The van der Waals surface area contributed by atoms with Crippen molar-refractivity contribution < 1.29 is 28.4 Å². The van der Waals surface area contributed by atoms with Crippen molar-refractivity contribution in [3.05, 3.63) is 70.4 Å². The lowest BCUT2D eigenvalue weighted by Gasteiger charge is -2.13. The van der Waals surface area contributed by atoms with Crippen LogP contribution in [0.4, 0.5) is 11.4 Å². The average Bonchev–Trinajstić information content (AvgIpc) is 3.40. The minimum atomic E-state index is -1.22. The smallest absolute Gasteiger partial charge is 0.375 e. The van der Waals surface area contributed by atoms with Crippen molar-refractivity contribution in [3.63, 3.8) is 0 Å². The van der Waals surface area contributed by atoms with E-state index in [9.17, 15) is 19.7 Å². The highest BCUT2D eigenvalue weighted by molar-refractivity contribution is 5.98. The van der Waals surface area contributed by atoms with Gasteiger partial charge in [-0.2, -0.15) is 5.10 Å². The van der Waals surface area contributed by atoms with Crippen molar-refractivity contribution in [2.75, 3.05) is 12.4 Å². The summed E-state index contributed by atoms with van der Waals surface area (Å²) in [5.41, 5.74) is -0.399. The Balaban J connectivity index is 1.62. The van der Waals surface area contributed by atoms with Crippen LogP contribution in [0.3, 0.4) is 0 Å². The number of ether oxygens (including phenoxy) is 2. The Hall–Kier alpha value is -4.15. The third-order valence-corrected chi connectivity index (χ3v) is 4.05. The summed E-state index contributed by atoms with van der Waals surface area (Å²) >= 11 is 0. The summed E-state index contributed by atoms with van der Waals surface area (Å²) < 4.78 is 17.1. The zero-order chi connectivity index (χ0) is 21.7. The Labute approximate surface area is 170 Å². The lowest BCUT2D eigenvalue weighted by atomic mass is 10.2. The molecule has 1 aromatic carbocycles. The molecule has 0 bridgehead atoms. The van der Waals surface area contributed by atoms with Gasteiger partial charge in [-0.1, -0.05) is 0 Å². The summed E-state index contributed by atoms with van der Waals surface area (Å²) in [6, 6.07) is 8.76. The molecule has 1 unspecified atom stereocenters. The SMILES string of the molecule is COc1ccc(NC(=O)C(C)OC(=O)c2ccc(Cn3cccn3)o2)c([N+](=O)[O-])c1. The molecule has 0 spiro atoms. The van der Waals surface area contributed by atoms with Crippen LogP contribution in [0, 0.1) is 10.1 Å². The van der Waals surface area contributed by atoms with Gasteiger partial charge in [0.15, 0.2) is 6.10 Å². The van der Waals surface area contributed by atoms with Crippen LogP contribution in [0.2, 0.25) is 0 Å². The number of anilines is 1. The molecule has 2 aromatic heterocycles. The number of carbonyl (C=O) groups excluding carboxylic acids is 2. The summed E-state index contributed by atoms with van der Waals surface area (Å²) in [5, 5.41) is 17.6. The first-order chi connectivity index (χ1) is 14.4. The number of furan rings is 1. The van der Waals surface area contributed by atoms with Gasteiger partial charge >= 0.3 is 5.97 Å². The molecule has 2 heterocycles. The lowest BCUT2D eigenvalue weighted by molar-refractivity contribution is -0.384. The Morgan fingerprint density at radius 2 is 2.13 bits per heavy atom. The summed E-state index contributed by atoms with van der Waals surface area (Å²) in [6.07, 6.45) is 2.13. The van der Waals surface area contributed by atoms with Crippen LogP contribution in [0.5, 0.6) is 5.75 Å². The summed E-state index contributed by atoms with van der Waals surface area (Å²) in [6.45, 7) is 1.67. The first-order valence-electron chi connectivity index (χ1n) is 8.78. The quantitative estimate of drug-likeness (QED) is 0.337. The molecule has 11 nitrogen and oxygen atoms in total. The van der Waals surface area contributed by atoms with E-state index in [1.165, 1.54) is 38.3 Å². The number of amides is 1. The standard InChI is InChI=1S/C19H18N4O7/c1-12(18(24)21-15-6-4-13(28-2)10-16(15)23(26)27)29-19(25)17-7-5-14(30-17)11-22-9-3-8-20-22/h3-10,12H,11H2,1-2H3,(H,21,24). The molecule has 1 amide bonds. The number of esters is 1. The third-order valence-electron chi connectivity index (χ3n) is 4.05. The molecule has 0 radical (unpaired) electrons. The van der Waals surface area contributed by atoms with Gasteiger partial charge in [0.25, 0.3) is 11.6 Å². The fraction of sp³-hybridized carbons (Fsp3) is 0.211. The van der Waals surface area contributed by atoms with Crippen molar-refractivity contribution >= 4 is 23.3 Å². The van der Waals surface area contributed by atoms with E-state index in [0.717, 1.165) is 0 Å². The molecule has 0 fully saturated rings. The first kappa shape index (κ1) is 20.6. The molecular formula is C19H18N4O7. The summed E-state index contributed by atoms with van der Waals surface area (Å²) in [5.74, 6) is -0.903. The lowest BCUT2D eigenvalue weighted by Crippen LogP contribution is -2.30. The molecule has 1 N–H and O–H groups in total. The fourth-order valence-corrected chi connectivity index (χ4v) is 2.53. The molecule has 30 heavy (non-hydrogen) atoms. The van der Waals surface area contributed by atoms with Crippen LogP contribution >= 0.6 is 0 Å². The molecule has 3 rings (SSSR count). The minimum Gasteiger partial charge on any atom is -0.496 e. The summed E-state index contributed by atoms with van der Waals surface area (Å²) in [4.78, 5) is 35.1. The van der Waals surface area contributed by atoms with Gasteiger partial charge in [0.2, 0.25) is 5.76 Å². The molecule has 0 saturated carbocycles. The first-order valence-corrected chi connectivity index (χ1v) is 8.78. The zero-order valence-corrected chi connectivity index (χ0v) is 16.1. The number of aromatic nitrogens is 2. The third kappa shape index (κ3) is 4.82. The van der Waals surface area contributed by atoms with Gasteiger partial charge < -0.3 is 19.2 Å². The van der Waals surface area contributed by atoms with Crippen molar-refractivity contribution in [1.82, 2.24) is 9.78 Å². The minimum absolute atomic E-state index is 0.0480. The highest BCUT2D eigenvalue weighted by Gasteiger charge is 2.24. The molecule has 1 atom stereocenters. The van der Waals surface area contributed by atoms with E-state index in [0.29, 0.717) is 12.3 Å². The van der Waals surface area contributed by atoms with E-state index in [2.05, 4.69) is 10.4 Å².